The van der Waals surface area contributed by atoms with Crippen LogP contribution in [-0.4, -0.2) is 16.0 Å². The van der Waals surface area contributed by atoms with Gasteiger partial charge in [0.1, 0.15) is 11.5 Å². The molecule has 3 aliphatic rings. The van der Waals surface area contributed by atoms with Gasteiger partial charge in [0.25, 0.3) is 0 Å². The van der Waals surface area contributed by atoms with Crippen LogP contribution in [0, 0.1) is 23.7 Å². The van der Waals surface area contributed by atoms with Crippen LogP contribution in [0.2, 0.25) is 0 Å². The van der Waals surface area contributed by atoms with Gasteiger partial charge in [-0.3, -0.25) is 4.79 Å². The van der Waals surface area contributed by atoms with Crippen LogP contribution < -0.4 is 0 Å². The number of aryl methyl sites for hydroxylation is 1. The molecule has 3 nitrogen and oxygen atoms in total. The molecule has 1 aromatic rings. The molecule has 0 aliphatic heterocycles. The van der Waals surface area contributed by atoms with Gasteiger partial charge in [0.05, 0.1) is 5.57 Å². The van der Waals surface area contributed by atoms with E-state index in [9.17, 15) is 15.0 Å². The highest BCUT2D eigenvalue weighted by molar-refractivity contribution is 6.25. The van der Waals surface area contributed by atoms with Gasteiger partial charge in [0.15, 0.2) is 5.78 Å². The van der Waals surface area contributed by atoms with Crippen molar-refractivity contribution in [1.82, 2.24) is 0 Å². The molecule has 0 heterocycles. The van der Waals surface area contributed by atoms with E-state index in [0.29, 0.717) is 17.4 Å². The van der Waals surface area contributed by atoms with Gasteiger partial charge in [-0.2, -0.15) is 0 Å². The Hall–Kier alpha value is -1.77. The standard InChI is InChI=1S/C18H20O3/c1-2-9-5-6-12(19)8-13(9)16-17(20)14-10-3-4-11(7-10)15(14)18(16)21/h5-6,8,10-11,14-15,19-20H,2-4,7H2,1H3/t10-,11+,14-,15+/m1/s1. The smallest absolute Gasteiger partial charge is 0.170 e. The Morgan fingerprint density at radius 3 is 2.52 bits per heavy atom. The maximum absolute atomic E-state index is 12.9. The van der Waals surface area contributed by atoms with Gasteiger partial charge in [0, 0.05) is 11.8 Å². The minimum absolute atomic E-state index is 0.00851. The third kappa shape index (κ3) is 1.63. The number of carbonyl (C=O) groups excluding carboxylic acids is 1. The van der Waals surface area contributed by atoms with Crippen LogP contribution in [0.15, 0.2) is 24.0 Å². The number of Topliss-reactive ketones (excluding diaryl/α,β-unsaturated/α-hetero) is 1. The molecule has 21 heavy (non-hydrogen) atoms. The first-order valence-corrected chi connectivity index (χ1v) is 7.91. The van der Waals surface area contributed by atoms with Gasteiger partial charge in [-0.1, -0.05) is 13.0 Å². The van der Waals surface area contributed by atoms with Gasteiger partial charge in [-0.25, -0.2) is 0 Å². The highest BCUT2D eigenvalue weighted by Gasteiger charge is 2.57. The molecule has 1 aromatic carbocycles. The van der Waals surface area contributed by atoms with Crippen molar-refractivity contribution >= 4 is 11.4 Å². The Morgan fingerprint density at radius 1 is 1.14 bits per heavy atom. The molecule has 0 amide bonds. The average molecular weight is 284 g/mol. The molecule has 2 N–H and O–H groups in total. The van der Waals surface area contributed by atoms with Crippen LogP contribution in [0.25, 0.3) is 5.57 Å². The maximum atomic E-state index is 12.9. The van der Waals surface area contributed by atoms with Crippen molar-refractivity contribution in [3.05, 3.63) is 35.1 Å². The molecule has 0 spiro atoms. The summed E-state index contributed by atoms with van der Waals surface area (Å²) >= 11 is 0. The molecule has 4 atom stereocenters. The van der Waals surface area contributed by atoms with Crippen LogP contribution in [0.1, 0.15) is 37.3 Å². The Bertz CT molecular complexity index is 658. The Morgan fingerprint density at radius 2 is 1.86 bits per heavy atom. The minimum atomic E-state index is -0.00851. The zero-order valence-corrected chi connectivity index (χ0v) is 12.2. The van der Waals surface area contributed by atoms with Crippen molar-refractivity contribution in [2.45, 2.75) is 32.6 Å². The van der Waals surface area contributed by atoms with Gasteiger partial charge in [-0.15, -0.1) is 0 Å². The summed E-state index contributed by atoms with van der Waals surface area (Å²) in [6.07, 6.45) is 4.14. The highest BCUT2D eigenvalue weighted by Crippen LogP contribution is 2.60. The lowest BCUT2D eigenvalue weighted by molar-refractivity contribution is -0.118. The van der Waals surface area contributed by atoms with Gasteiger partial charge >= 0.3 is 0 Å². The van der Waals surface area contributed by atoms with E-state index in [2.05, 4.69) is 0 Å². The van der Waals surface area contributed by atoms with Crippen molar-refractivity contribution in [2.75, 3.05) is 0 Å². The predicted octanol–water partition coefficient (Wildman–Crippen LogP) is 3.47. The van der Waals surface area contributed by atoms with Crippen LogP contribution in [0.4, 0.5) is 0 Å². The third-order valence-corrected chi connectivity index (χ3v) is 5.78. The molecule has 4 rings (SSSR count). The maximum Gasteiger partial charge on any atom is 0.170 e. The van der Waals surface area contributed by atoms with Crippen LogP contribution in [0.5, 0.6) is 5.75 Å². The number of allylic oxidation sites excluding steroid dienone is 2. The van der Waals surface area contributed by atoms with Gasteiger partial charge < -0.3 is 10.2 Å². The topological polar surface area (TPSA) is 57.5 Å². The Kier molecular flexibility index (Phi) is 2.69. The highest BCUT2D eigenvalue weighted by atomic mass is 16.3. The number of carbonyl (C=O) groups is 1. The summed E-state index contributed by atoms with van der Waals surface area (Å²) in [7, 11) is 0. The van der Waals surface area contributed by atoms with Crippen molar-refractivity contribution in [1.29, 1.82) is 0 Å². The Labute approximate surface area is 124 Å². The molecule has 0 radical (unpaired) electrons. The third-order valence-electron chi connectivity index (χ3n) is 5.78. The summed E-state index contributed by atoms with van der Waals surface area (Å²) in [5.41, 5.74) is 2.22. The fraction of sp³-hybridized carbons (Fsp3) is 0.500. The van der Waals surface area contributed by atoms with Crippen molar-refractivity contribution < 1.29 is 15.0 Å². The second-order valence-corrected chi connectivity index (χ2v) is 6.70. The van der Waals surface area contributed by atoms with Crippen LogP contribution >= 0.6 is 0 Å². The fourth-order valence-corrected chi connectivity index (χ4v) is 4.90. The first kappa shape index (κ1) is 12.9. The Balaban J connectivity index is 1.85. The van der Waals surface area contributed by atoms with Crippen molar-refractivity contribution in [3.63, 3.8) is 0 Å². The van der Waals surface area contributed by atoms with E-state index in [1.165, 1.54) is 0 Å². The summed E-state index contributed by atoms with van der Waals surface area (Å²) in [6.45, 7) is 2.03. The summed E-state index contributed by atoms with van der Waals surface area (Å²) in [5.74, 6) is 1.50. The number of hydrogen-bond acceptors (Lipinski definition) is 3. The first-order chi connectivity index (χ1) is 10.1. The van der Waals surface area contributed by atoms with Gasteiger partial charge in [0.2, 0.25) is 0 Å². The lowest BCUT2D eigenvalue weighted by atomic mass is 9.80. The number of aliphatic hydroxyl groups excluding tert-OH is 1. The molecular weight excluding hydrogens is 264 g/mol. The lowest BCUT2D eigenvalue weighted by Gasteiger charge is -2.23. The number of aromatic hydroxyl groups is 1. The number of rotatable bonds is 2. The van der Waals surface area contributed by atoms with E-state index >= 15 is 0 Å². The summed E-state index contributed by atoms with van der Waals surface area (Å²) < 4.78 is 0. The van der Waals surface area contributed by atoms with E-state index < -0.39 is 0 Å². The van der Waals surface area contributed by atoms with Crippen molar-refractivity contribution in [3.8, 4) is 5.75 Å². The zero-order valence-electron chi connectivity index (χ0n) is 12.2. The predicted molar refractivity (Wildman–Crippen MR) is 79.9 cm³/mol. The second kappa shape index (κ2) is 4.36. The summed E-state index contributed by atoms with van der Waals surface area (Å²) in [4.78, 5) is 12.9. The number of ketones is 1. The van der Waals surface area contributed by atoms with Crippen LogP contribution in [-0.2, 0) is 11.2 Å². The largest absolute Gasteiger partial charge is 0.511 e. The molecule has 2 saturated carbocycles. The number of aliphatic hydroxyl groups is 1. The lowest BCUT2D eigenvalue weighted by Crippen LogP contribution is -2.24. The van der Waals surface area contributed by atoms with Gasteiger partial charge in [-0.05, 0) is 60.8 Å². The summed E-state index contributed by atoms with van der Waals surface area (Å²) in [6, 6.07) is 5.12. The normalized spacial score (nSPS) is 33.9. The van der Waals surface area contributed by atoms with Crippen LogP contribution in [0.3, 0.4) is 0 Å². The van der Waals surface area contributed by atoms with E-state index in [4.69, 9.17) is 0 Å². The first-order valence-electron chi connectivity index (χ1n) is 7.91. The number of benzene rings is 1. The monoisotopic (exact) mass is 284 g/mol. The molecule has 0 aromatic heterocycles. The second-order valence-electron chi connectivity index (χ2n) is 6.70. The van der Waals surface area contributed by atoms with E-state index in [1.54, 1.807) is 12.1 Å². The quantitative estimate of drug-likeness (QED) is 0.874. The van der Waals surface area contributed by atoms with E-state index in [0.717, 1.165) is 36.8 Å². The number of phenolic OH excluding ortho intramolecular Hbond substituents is 1. The molecule has 0 saturated heterocycles. The van der Waals surface area contributed by atoms with Crippen molar-refractivity contribution in [2.24, 2.45) is 23.7 Å². The molecular formula is C18H20O3. The minimum Gasteiger partial charge on any atom is -0.511 e. The van der Waals surface area contributed by atoms with E-state index in [1.807, 2.05) is 13.0 Å². The molecule has 3 aliphatic carbocycles. The fourth-order valence-electron chi connectivity index (χ4n) is 4.90. The van der Waals surface area contributed by atoms with E-state index in [-0.39, 0.29) is 29.1 Å². The SMILES string of the molecule is CCc1ccc(O)cc1C1=C(O)[C@@H]2[C@@H]3CC[C@@H](C3)[C@@H]2C1=O. The average Bonchev–Trinajstić information content (AvgIpc) is 3.13. The summed E-state index contributed by atoms with van der Waals surface area (Å²) in [5, 5.41) is 20.5. The zero-order chi connectivity index (χ0) is 14.7. The molecule has 2 bridgehead atoms. The molecule has 0 unspecified atom stereocenters. The molecule has 110 valence electrons. The number of fused-ring (bicyclic) bond motifs is 5. The number of phenols is 1. The molecule has 3 heteroatoms. The molecule has 2 fully saturated rings. The number of hydrogen-bond donors (Lipinski definition) is 2.